The van der Waals surface area contributed by atoms with E-state index < -0.39 is 0 Å². The van der Waals surface area contributed by atoms with E-state index in [2.05, 4.69) is 24.5 Å². The number of nitrogens with one attached hydrogen (secondary N) is 2. The van der Waals surface area contributed by atoms with E-state index in [0.29, 0.717) is 0 Å². The molecule has 0 saturated heterocycles. The lowest BCUT2D eigenvalue weighted by Crippen LogP contribution is -2.24. The van der Waals surface area contributed by atoms with Gasteiger partial charge in [-0.05, 0) is 25.9 Å². The van der Waals surface area contributed by atoms with E-state index in [1.54, 1.807) is 0 Å². The van der Waals surface area contributed by atoms with Crippen molar-refractivity contribution in [2.45, 2.75) is 117 Å². The molecule has 0 bridgehead atoms. The highest BCUT2D eigenvalue weighted by Crippen LogP contribution is 2.08. The minimum atomic E-state index is 0.844. The van der Waals surface area contributed by atoms with Crippen LogP contribution >= 0.6 is 0 Å². The van der Waals surface area contributed by atoms with Gasteiger partial charge in [0.2, 0.25) is 0 Å². The van der Waals surface area contributed by atoms with Crippen LogP contribution in [0, 0.1) is 0 Å². The zero-order valence-electron chi connectivity index (χ0n) is 19.0. The number of unbranched alkanes of at least 4 members (excludes halogenated alkanes) is 14. The molecule has 0 aliphatic rings. The fourth-order valence-corrected chi connectivity index (χ4v) is 3.41. The van der Waals surface area contributed by atoms with E-state index in [-0.39, 0.29) is 0 Å². The number of hydrogen-bond acceptors (Lipinski definition) is 3. The lowest BCUT2D eigenvalue weighted by molar-refractivity contribution is 0.137. The third-order valence-corrected chi connectivity index (χ3v) is 5.26. The molecule has 0 fully saturated rings. The minimum Gasteiger partial charge on any atom is -0.379 e. The lowest BCUT2D eigenvalue weighted by atomic mass is 10.1. The van der Waals surface area contributed by atoms with Crippen LogP contribution in [0.3, 0.4) is 0 Å². The van der Waals surface area contributed by atoms with Crippen LogP contribution in [0.5, 0.6) is 0 Å². The Labute approximate surface area is 171 Å². The van der Waals surface area contributed by atoms with Gasteiger partial charge in [0.15, 0.2) is 0 Å². The first-order chi connectivity index (χ1) is 13.4. The van der Waals surface area contributed by atoms with Gasteiger partial charge in [0.1, 0.15) is 0 Å². The maximum atomic E-state index is 5.67. The van der Waals surface area contributed by atoms with Gasteiger partial charge in [-0.2, -0.15) is 0 Å². The summed E-state index contributed by atoms with van der Waals surface area (Å²) in [5.41, 5.74) is 0. The summed E-state index contributed by atoms with van der Waals surface area (Å²) in [5.74, 6) is 0. The first kappa shape index (κ1) is 26.9. The van der Waals surface area contributed by atoms with Crippen LogP contribution in [0.1, 0.15) is 117 Å². The Hall–Kier alpha value is -0.120. The van der Waals surface area contributed by atoms with Crippen molar-refractivity contribution in [3.63, 3.8) is 0 Å². The van der Waals surface area contributed by atoms with Crippen molar-refractivity contribution in [1.82, 2.24) is 10.6 Å². The Morgan fingerprint density at radius 3 is 1.11 bits per heavy atom. The van der Waals surface area contributed by atoms with Crippen LogP contribution in [-0.2, 0) is 4.74 Å². The minimum absolute atomic E-state index is 0.844. The molecular formula is C24H52N2O. The van der Waals surface area contributed by atoms with Crippen molar-refractivity contribution in [1.29, 1.82) is 0 Å². The summed E-state index contributed by atoms with van der Waals surface area (Å²) in [6, 6.07) is 0. The normalized spacial score (nSPS) is 11.3. The van der Waals surface area contributed by atoms with Gasteiger partial charge in [-0.25, -0.2) is 0 Å². The summed E-state index contributed by atoms with van der Waals surface area (Å²) in [6.45, 7) is 10.5. The fraction of sp³-hybridized carbons (Fsp3) is 1.00. The highest BCUT2D eigenvalue weighted by molar-refractivity contribution is 4.52. The molecule has 27 heavy (non-hydrogen) atoms. The van der Waals surface area contributed by atoms with Gasteiger partial charge < -0.3 is 15.4 Å². The molecule has 0 atom stereocenters. The van der Waals surface area contributed by atoms with Crippen molar-refractivity contribution < 1.29 is 4.74 Å². The zero-order chi connectivity index (χ0) is 19.7. The molecule has 0 amide bonds. The van der Waals surface area contributed by atoms with Crippen molar-refractivity contribution in [2.75, 3.05) is 39.4 Å². The molecular weight excluding hydrogens is 332 g/mol. The molecule has 0 aliphatic carbocycles. The quantitative estimate of drug-likeness (QED) is 0.187. The summed E-state index contributed by atoms with van der Waals surface area (Å²) in [6.07, 6.45) is 22.3. The van der Waals surface area contributed by atoms with E-state index in [9.17, 15) is 0 Å². The largest absolute Gasteiger partial charge is 0.379 e. The van der Waals surface area contributed by atoms with Gasteiger partial charge in [0, 0.05) is 13.1 Å². The number of hydrogen-bond donors (Lipinski definition) is 2. The van der Waals surface area contributed by atoms with Crippen molar-refractivity contribution in [3.8, 4) is 0 Å². The van der Waals surface area contributed by atoms with Crippen LogP contribution in [0.25, 0.3) is 0 Å². The fourth-order valence-electron chi connectivity index (χ4n) is 3.41. The molecule has 0 saturated carbocycles. The van der Waals surface area contributed by atoms with Crippen molar-refractivity contribution >= 4 is 0 Å². The first-order valence-corrected chi connectivity index (χ1v) is 12.4. The summed E-state index contributed by atoms with van der Waals surface area (Å²) in [5, 5.41) is 6.99. The highest BCUT2D eigenvalue weighted by atomic mass is 16.5. The number of ether oxygens (including phenoxy) is 1. The Morgan fingerprint density at radius 2 is 0.741 bits per heavy atom. The van der Waals surface area contributed by atoms with Gasteiger partial charge in [-0.15, -0.1) is 0 Å². The first-order valence-electron chi connectivity index (χ1n) is 12.4. The lowest BCUT2D eigenvalue weighted by Gasteiger charge is -2.08. The summed E-state index contributed by atoms with van der Waals surface area (Å²) >= 11 is 0. The Kier molecular flexibility index (Phi) is 25.8. The van der Waals surface area contributed by atoms with Crippen LogP contribution in [0.2, 0.25) is 0 Å². The molecule has 0 aromatic heterocycles. The summed E-state index contributed by atoms with van der Waals surface area (Å²) < 4.78 is 5.67. The zero-order valence-corrected chi connectivity index (χ0v) is 19.0. The van der Waals surface area contributed by atoms with Gasteiger partial charge in [0.05, 0.1) is 13.2 Å². The Bertz CT molecular complexity index is 225. The molecule has 0 aromatic carbocycles. The van der Waals surface area contributed by atoms with Crippen LogP contribution in [-0.4, -0.2) is 39.4 Å². The van der Waals surface area contributed by atoms with E-state index >= 15 is 0 Å². The van der Waals surface area contributed by atoms with E-state index in [1.807, 2.05) is 0 Å². The standard InChI is InChI=1S/C24H52N2O/c1-3-5-7-9-11-13-15-17-19-25-21-23-27-24-22-26-20-18-16-14-12-10-8-6-4-2/h25-26H,3-24H2,1-2H3. The van der Waals surface area contributed by atoms with E-state index in [4.69, 9.17) is 4.74 Å². The predicted molar refractivity (Wildman–Crippen MR) is 122 cm³/mol. The smallest absolute Gasteiger partial charge is 0.0591 e. The average molecular weight is 385 g/mol. The Balaban J connectivity index is 2.95. The third kappa shape index (κ3) is 25.9. The summed E-state index contributed by atoms with van der Waals surface area (Å²) in [7, 11) is 0. The van der Waals surface area contributed by atoms with Gasteiger partial charge in [-0.1, -0.05) is 104 Å². The molecule has 0 aromatic rings. The average Bonchev–Trinajstić information content (AvgIpc) is 2.68. The molecule has 2 N–H and O–H groups in total. The second-order valence-electron chi connectivity index (χ2n) is 8.06. The summed E-state index contributed by atoms with van der Waals surface area (Å²) in [4.78, 5) is 0. The Morgan fingerprint density at radius 1 is 0.407 bits per heavy atom. The molecule has 0 aliphatic heterocycles. The monoisotopic (exact) mass is 384 g/mol. The van der Waals surface area contributed by atoms with Crippen molar-refractivity contribution in [2.24, 2.45) is 0 Å². The molecule has 164 valence electrons. The topological polar surface area (TPSA) is 33.3 Å². The molecule has 0 heterocycles. The maximum absolute atomic E-state index is 5.67. The number of rotatable bonds is 24. The molecule has 0 spiro atoms. The second-order valence-corrected chi connectivity index (χ2v) is 8.06. The highest BCUT2D eigenvalue weighted by Gasteiger charge is 1.94. The van der Waals surface area contributed by atoms with Crippen LogP contribution < -0.4 is 10.6 Å². The van der Waals surface area contributed by atoms with Crippen LogP contribution in [0.15, 0.2) is 0 Å². The van der Waals surface area contributed by atoms with E-state index in [1.165, 1.54) is 103 Å². The van der Waals surface area contributed by atoms with Crippen LogP contribution in [0.4, 0.5) is 0 Å². The molecule has 0 unspecified atom stereocenters. The van der Waals surface area contributed by atoms with Gasteiger partial charge in [0.25, 0.3) is 0 Å². The van der Waals surface area contributed by atoms with Gasteiger partial charge in [-0.3, -0.25) is 0 Å². The molecule has 3 heteroatoms. The van der Waals surface area contributed by atoms with Crippen molar-refractivity contribution in [3.05, 3.63) is 0 Å². The molecule has 0 rings (SSSR count). The predicted octanol–water partition coefficient (Wildman–Crippen LogP) is 6.46. The van der Waals surface area contributed by atoms with E-state index in [0.717, 1.165) is 39.4 Å². The second kappa shape index (κ2) is 25.9. The maximum Gasteiger partial charge on any atom is 0.0591 e. The third-order valence-electron chi connectivity index (χ3n) is 5.26. The molecule has 0 radical (unpaired) electrons. The SMILES string of the molecule is CCCCCCCCCCNCCOCCNCCCCCCCCCC. The van der Waals surface area contributed by atoms with Gasteiger partial charge >= 0.3 is 0 Å². The molecule has 3 nitrogen and oxygen atoms in total.